The lowest BCUT2D eigenvalue weighted by Gasteiger charge is -2.18. The quantitative estimate of drug-likeness (QED) is 0.869. The molecular weight excluding hydrogens is 272 g/mol. The van der Waals surface area contributed by atoms with E-state index in [-0.39, 0.29) is 0 Å². The lowest BCUT2D eigenvalue weighted by atomic mass is 9.97. The summed E-state index contributed by atoms with van der Waals surface area (Å²) in [5.74, 6) is -0.996. The van der Waals surface area contributed by atoms with E-state index < -0.39 is 18.0 Å². The van der Waals surface area contributed by atoms with Gasteiger partial charge in [-0.05, 0) is 31.0 Å². The largest absolute Gasteiger partial charge is 0.469 e. The molecule has 0 spiro atoms. The minimum Gasteiger partial charge on any atom is -0.469 e. The third-order valence-electron chi connectivity index (χ3n) is 2.52. The Balaban J connectivity index is 2.96. The molecule has 0 aliphatic rings. The molecule has 88 valence electrons. The Morgan fingerprint density at radius 2 is 2.12 bits per heavy atom. The minimum absolute atomic E-state index is 0.417. The highest BCUT2D eigenvalue weighted by molar-refractivity contribution is 9.10. The van der Waals surface area contributed by atoms with Crippen molar-refractivity contribution in [3.05, 3.63) is 33.8 Å². The van der Waals surface area contributed by atoms with Gasteiger partial charge in [0.25, 0.3) is 0 Å². The number of aliphatic hydroxyl groups excluding tert-OH is 1. The van der Waals surface area contributed by atoms with E-state index in [0.717, 1.165) is 10.0 Å². The number of halogens is 1. The number of aliphatic hydroxyl groups is 1. The Bertz CT molecular complexity index is 390. The van der Waals surface area contributed by atoms with E-state index in [1.807, 2.05) is 25.1 Å². The van der Waals surface area contributed by atoms with Gasteiger partial charge in [0.05, 0.1) is 19.1 Å². The van der Waals surface area contributed by atoms with Crippen LogP contribution in [0.3, 0.4) is 0 Å². The fraction of sp³-hybridized carbons (Fsp3) is 0.417. The van der Waals surface area contributed by atoms with Crippen molar-refractivity contribution in [2.24, 2.45) is 5.92 Å². The van der Waals surface area contributed by atoms with Crippen molar-refractivity contribution in [3.63, 3.8) is 0 Å². The van der Waals surface area contributed by atoms with Gasteiger partial charge in [0, 0.05) is 4.47 Å². The molecule has 0 heterocycles. The molecule has 16 heavy (non-hydrogen) atoms. The molecule has 2 unspecified atom stereocenters. The SMILES string of the molecule is COC(=O)C(C)C(O)c1ccc(C)cc1Br. The zero-order valence-corrected chi connectivity index (χ0v) is 11.1. The van der Waals surface area contributed by atoms with Gasteiger partial charge in [0.1, 0.15) is 0 Å². The molecule has 0 fully saturated rings. The predicted molar refractivity (Wildman–Crippen MR) is 65.0 cm³/mol. The van der Waals surface area contributed by atoms with Crippen LogP contribution in [0.2, 0.25) is 0 Å². The van der Waals surface area contributed by atoms with Crippen molar-refractivity contribution < 1.29 is 14.6 Å². The fourth-order valence-electron chi connectivity index (χ4n) is 1.46. The number of hydrogen-bond acceptors (Lipinski definition) is 3. The minimum atomic E-state index is -0.859. The van der Waals surface area contributed by atoms with Crippen LogP contribution in [-0.4, -0.2) is 18.2 Å². The van der Waals surface area contributed by atoms with Gasteiger partial charge in [-0.3, -0.25) is 4.79 Å². The normalized spacial score (nSPS) is 14.3. The van der Waals surface area contributed by atoms with Crippen molar-refractivity contribution in [2.75, 3.05) is 7.11 Å². The third-order valence-corrected chi connectivity index (χ3v) is 3.21. The van der Waals surface area contributed by atoms with Gasteiger partial charge in [0.2, 0.25) is 0 Å². The molecule has 2 atom stereocenters. The number of hydrogen-bond donors (Lipinski definition) is 1. The van der Waals surface area contributed by atoms with Gasteiger partial charge in [-0.1, -0.05) is 28.1 Å². The second-order valence-electron chi connectivity index (χ2n) is 3.78. The number of ether oxygens (including phenoxy) is 1. The number of carbonyl (C=O) groups excluding carboxylic acids is 1. The first-order valence-corrected chi connectivity index (χ1v) is 5.78. The smallest absolute Gasteiger partial charge is 0.311 e. The number of rotatable bonds is 3. The maximum atomic E-state index is 11.3. The zero-order valence-electron chi connectivity index (χ0n) is 9.53. The topological polar surface area (TPSA) is 46.5 Å². The van der Waals surface area contributed by atoms with Crippen molar-refractivity contribution in [3.8, 4) is 0 Å². The van der Waals surface area contributed by atoms with Crippen LogP contribution in [0, 0.1) is 12.8 Å². The van der Waals surface area contributed by atoms with Gasteiger partial charge in [-0.25, -0.2) is 0 Å². The first-order valence-electron chi connectivity index (χ1n) is 4.99. The molecule has 0 radical (unpaired) electrons. The fourth-order valence-corrected chi connectivity index (χ4v) is 2.18. The lowest BCUT2D eigenvalue weighted by molar-refractivity contribution is -0.148. The van der Waals surface area contributed by atoms with Crippen LogP contribution >= 0.6 is 15.9 Å². The Morgan fingerprint density at radius 1 is 1.50 bits per heavy atom. The summed E-state index contributed by atoms with van der Waals surface area (Å²) in [6.07, 6.45) is -0.859. The van der Waals surface area contributed by atoms with E-state index in [2.05, 4.69) is 20.7 Å². The van der Waals surface area contributed by atoms with Gasteiger partial charge in [0.15, 0.2) is 0 Å². The highest BCUT2D eigenvalue weighted by Crippen LogP contribution is 2.29. The molecule has 0 saturated heterocycles. The first kappa shape index (κ1) is 13.2. The van der Waals surface area contributed by atoms with Crippen molar-refractivity contribution in [1.82, 2.24) is 0 Å². The number of aryl methyl sites for hydroxylation is 1. The summed E-state index contributed by atoms with van der Waals surface area (Å²) >= 11 is 3.37. The van der Waals surface area contributed by atoms with Crippen LogP contribution in [0.5, 0.6) is 0 Å². The highest BCUT2D eigenvalue weighted by atomic mass is 79.9. The van der Waals surface area contributed by atoms with Gasteiger partial charge < -0.3 is 9.84 Å². The standard InChI is InChI=1S/C12H15BrO3/c1-7-4-5-9(10(13)6-7)11(14)8(2)12(15)16-3/h4-6,8,11,14H,1-3H3. The predicted octanol–water partition coefficient (Wildman–Crippen LogP) is 2.60. The average molecular weight is 287 g/mol. The van der Waals surface area contributed by atoms with Crippen LogP contribution in [0.4, 0.5) is 0 Å². The summed E-state index contributed by atoms with van der Waals surface area (Å²) in [7, 11) is 1.32. The van der Waals surface area contributed by atoms with E-state index in [9.17, 15) is 9.90 Å². The molecule has 1 aromatic rings. The summed E-state index contributed by atoms with van der Waals surface area (Å²) in [6, 6.07) is 5.61. The van der Waals surface area contributed by atoms with E-state index in [1.165, 1.54) is 7.11 Å². The maximum Gasteiger partial charge on any atom is 0.311 e. The maximum absolute atomic E-state index is 11.3. The molecule has 0 bridgehead atoms. The first-order chi connectivity index (χ1) is 7.47. The van der Waals surface area contributed by atoms with Gasteiger partial charge in [-0.15, -0.1) is 0 Å². The summed E-state index contributed by atoms with van der Waals surface area (Å²) < 4.78 is 5.41. The van der Waals surface area contributed by atoms with Crippen LogP contribution in [0.25, 0.3) is 0 Å². The van der Waals surface area contributed by atoms with Crippen LogP contribution in [0.15, 0.2) is 22.7 Å². The highest BCUT2D eigenvalue weighted by Gasteiger charge is 2.25. The van der Waals surface area contributed by atoms with Gasteiger partial charge >= 0.3 is 5.97 Å². The Kier molecular flexibility index (Phi) is 4.50. The van der Waals surface area contributed by atoms with E-state index >= 15 is 0 Å². The van der Waals surface area contributed by atoms with Crippen LogP contribution < -0.4 is 0 Å². The Labute approximate surface area is 104 Å². The van der Waals surface area contributed by atoms with Crippen molar-refractivity contribution in [2.45, 2.75) is 20.0 Å². The Morgan fingerprint density at radius 3 is 2.62 bits per heavy atom. The molecule has 0 aliphatic carbocycles. The van der Waals surface area contributed by atoms with Crippen LogP contribution in [-0.2, 0) is 9.53 Å². The molecule has 0 saturated carbocycles. The summed E-state index contributed by atoms with van der Waals surface area (Å²) in [4.78, 5) is 11.3. The molecule has 0 amide bonds. The number of methoxy groups -OCH3 is 1. The summed E-state index contributed by atoms with van der Waals surface area (Å²) in [5, 5.41) is 10.0. The lowest BCUT2D eigenvalue weighted by Crippen LogP contribution is -2.20. The molecule has 0 aromatic heterocycles. The van der Waals surface area contributed by atoms with Crippen molar-refractivity contribution >= 4 is 21.9 Å². The average Bonchev–Trinajstić information content (AvgIpc) is 2.26. The zero-order chi connectivity index (χ0) is 12.3. The molecule has 1 rings (SSSR count). The molecule has 0 aliphatic heterocycles. The van der Waals surface area contributed by atoms with E-state index in [4.69, 9.17) is 0 Å². The van der Waals surface area contributed by atoms with E-state index in [0.29, 0.717) is 5.56 Å². The number of esters is 1. The second-order valence-corrected chi connectivity index (χ2v) is 4.64. The number of carbonyl (C=O) groups is 1. The molecular formula is C12H15BrO3. The summed E-state index contributed by atoms with van der Waals surface area (Å²) in [6.45, 7) is 3.60. The summed E-state index contributed by atoms with van der Waals surface area (Å²) in [5.41, 5.74) is 1.79. The monoisotopic (exact) mass is 286 g/mol. The second kappa shape index (κ2) is 5.46. The molecule has 4 heteroatoms. The molecule has 1 N–H and O–H groups in total. The number of benzene rings is 1. The third kappa shape index (κ3) is 2.83. The van der Waals surface area contributed by atoms with Crippen molar-refractivity contribution in [1.29, 1.82) is 0 Å². The van der Waals surface area contributed by atoms with Gasteiger partial charge in [-0.2, -0.15) is 0 Å². The molecule has 1 aromatic carbocycles. The Hall–Kier alpha value is -0.870. The van der Waals surface area contributed by atoms with Crippen LogP contribution in [0.1, 0.15) is 24.2 Å². The van der Waals surface area contributed by atoms with E-state index in [1.54, 1.807) is 6.92 Å². The molecule has 3 nitrogen and oxygen atoms in total.